The molecule has 0 fully saturated rings. The Morgan fingerprint density at radius 2 is 1.91 bits per heavy atom. The molecule has 1 aromatic heterocycles. The third kappa shape index (κ3) is 3.02. The van der Waals surface area contributed by atoms with Crippen LogP contribution in [0.2, 0.25) is 0 Å². The molecule has 0 aliphatic heterocycles. The van der Waals surface area contributed by atoms with Crippen molar-refractivity contribution in [3.8, 4) is 0 Å². The first-order valence-electron chi connectivity index (χ1n) is 7.57. The molecule has 0 saturated heterocycles. The summed E-state index contributed by atoms with van der Waals surface area (Å²) in [6.45, 7) is 3.44. The molecule has 3 nitrogen and oxygen atoms in total. The number of nitrogens with zero attached hydrogens (tertiary/aromatic N) is 2. The van der Waals surface area contributed by atoms with Gasteiger partial charge in [0.15, 0.2) is 0 Å². The first-order chi connectivity index (χ1) is 10.7. The zero-order chi connectivity index (χ0) is 15.5. The van der Waals surface area contributed by atoms with E-state index in [1.807, 2.05) is 0 Å². The van der Waals surface area contributed by atoms with Crippen molar-refractivity contribution in [2.75, 3.05) is 6.54 Å². The zero-order valence-electron chi connectivity index (χ0n) is 12.7. The predicted molar refractivity (Wildman–Crippen MR) is 87.3 cm³/mol. The molecule has 1 heterocycles. The van der Waals surface area contributed by atoms with Crippen molar-refractivity contribution < 1.29 is 4.39 Å². The Balaban J connectivity index is 2.02. The number of nitrogens with two attached hydrogens (primary N) is 1. The molecule has 0 spiro atoms. The summed E-state index contributed by atoms with van der Waals surface area (Å²) in [6, 6.07) is 13.2. The summed E-state index contributed by atoms with van der Waals surface area (Å²) >= 11 is 0. The van der Waals surface area contributed by atoms with Crippen molar-refractivity contribution in [3.63, 3.8) is 0 Å². The van der Waals surface area contributed by atoms with Gasteiger partial charge in [-0.05, 0) is 37.6 Å². The minimum absolute atomic E-state index is 0.252. The highest BCUT2D eigenvalue weighted by Crippen LogP contribution is 2.20. The lowest BCUT2D eigenvalue weighted by Crippen LogP contribution is -2.08. The maximum atomic E-state index is 13.4. The van der Waals surface area contributed by atoms with Crippen LogP contribution in [0, 0.1) is 12.7 Å². The van der Waals surface area contributed by atoms with Crippen LogP contribution in [0.25, 0.3) is 11.0 Å². The van der Waals surface area contributed by atoms with Crippen LogP contribution in [-0.4, -0.2) is 16.1 Å². The van der Waals surface area contributed by atoms with Crippen LogP contribution in [0.15, 0.2) is 42.5 Å². The summed E-state index contributed by atoms with van der Waals surface area (Å²) in [7, 11) is 0. The van der Waals surface area contributed by atoms with Gasteiger partial charge in [-0.3, -0.25) is 0 Å². The monoisotopic (exact) mass is 297 g/mol. The maximum absolute atomic E-state index is 13.4. The SMILES string of the molecule is Cc1ccc(Cn2c(CCCN)nc3cc(F)ccc32)cc1. The van der Waals surface area contributed by atoms with Gasteiger partial charge < -0.3 is 10.3 Å². The number of rotatable bonds is 5. The molecule has 3 aromatic rings. The van der Waals surface area contributed by atoms with Crippen LogP contribution in [-0.2, 0) is 13.0 Å². The van der Waals surface area contributed by atoms with E-state index in [1.165, 1.54) is 23.3 Å². The molecule has 0 saturated carbocycles. The Hall–Kier alpha value is -2.20. The second-order valence-corrected chi connectivity index (χ2v) is 5.63. The van der Waals surface area contributed by atoms with Crippen molar-refractivity contribution in [2.45, 2.75) is 26.3 Å². The highest BCUT2D eigenvalue weighted by Gasteiger charge is 2.11. The highest BCUT2D eigenvalue weighted by atomic mass is 19.1. The molecular weight excluding hydrogens is 277 g/mol. The number of imidazole rings is 1. The molecule has 0 aliphatic rings. The number of hydrogen-bond donors (Lipinski definition) is 1. The van der Waals surface area contributed by atoms with E-state index in [1.54, 1.807) is 6.07 Å². The number of benzene rings is 2. The van der Waals surface area contributed by atoms with Crippen LogP contribution in [0.3, 0.4) is 0 Å². The number of aromatic nitrogens is 2. The van der Waals surface area contributed by atoms with Crippen LogP contribution in [0.4, 0.5) is 4.39 Å². The molecule has 0 atom stereocenters. The molecule has 0 amide bonds. The van der Waals surface area contributed by atoms with Crippen molar-refractivity contribution in [2.24, 2.45) is 5.73 Å². The van der Waals surface area contributed by atoms with Gasteiger partial charge in [-0.15, -0.1) is 0 Å². The number of hydrogen-bond acceptors (Lipinski definition) is 2. The molecule has 0 aliphatic carbocycles. The Kier molecular flexibility index (Phi) is 4.20. The van der Waals surface area contributed by atoms with E-state index in [0.717, 1.165) is 30.7 Å². The van der Waals surface area contributed by atoms with Gasteiger partial charge in [0.2, 0.25) is 0 Å². The summed E-state index contributed by atoms with van der Waals surface area (Å²) in [4.78, 5) is 4.59. The second kappa shape index (κ2) is 6.28. The predicted octanol–water partition coefficient (Wildman–Crippen LogP) is 3.42. The molecule has 0 radical (unpaired) electrons. The number of aryl methyl sites for hydroxylation is 2. The molecule has 114 valence electrons. The maximum Gasteiger partial charge on any atom is 0.125 e. The van der Waals surface area contributed by atoms with Gasteiger partial charge in [-0.25, -0.2) is 9.37 Å². The van der Waals surface area contributed by atoms with Gasteiger partial charge >= 0.3 is 0 Å². The summed E-state index contributed by atoms with van der Waals surface area (Å²) < 4.78 is 15.6. The van der Waals surface area contributed by atoms with Gasteiger partial charge in [0.1, 0.15) is 11.6 Å². The minimum atomic E-state index is -0.252. The van der Waals surface area contributed by atoms with Gasteiger partial charge in [0, 0.05) is 19.0 Å². The third-order valence-corrected chi connectivity index (χ3v) is 3.86. The van der Waals surface area contributed by atoms with Crippen molar-refractivity contribution in [1.29, 1.82) is 0 Å². The molecule has 0 bridgehead atoms. The quantitative estimate of drug-likeness (QED) is 0.784. The summed E-state index contributed by atoms with van der Waals surface area (Å²) in [5.74, 6) is 0.712. The fourth-order valence-corrected chi connectivity index (χ4v) is 2.66. The second-order valence-electron chi connectivity index (χ2n) is 5.63. The Morgan fingerprint density at radius 1 is 1.14 bits per heavy atom. The molecular formula is C18H20FN3. The first-order valence-corrected chi connectivity index (χ1v) is 7.57. The fourth-order valence-electron chi connectivity index (χ4n) is 2.66. The minimum Gasteiger partial charge on any atom is -0.330 e. The van der Waals surface area contributed by atoms with E-state index in [0.29, 0.717) is 12.1 Å². The van der Waals surface area contributed by atoms with Crippen LogP contribution in [0.1, 0.15) is 23.4 Å². The van der Waals surface area contributed by atoms with Gasteiger partial charge in [0.05, 0.1) is 11.0 Å². The average molecular weight is 297 g/mol. The normalized spacial score (nSPS) is 11.2. The van der Waals surface area contributed by atoms with E-state index in [-0.39, 0.29) is 5.82 Å². The van der Waals surface area contributed by atoms with E-state index in [4.69, 9.17) is 5.73 Å². The molecule has 4 heteroatoms. The van der Waals surface area contributed by atoms with E-state index in [2.05, 4.69) is 40.7 Å². The topological polar surface area (TPSA) is 43.8 Å². The van der Waals surface area contributed by atoms with Crippen LogP contribution in [0.5, 0.6) is 0 Å². The van der Waals surface area contributed by atoms with Crippen LogP contribution < -0.4 is 5.73 Å². The lowest BCUT2D eigenvalue weighted by atomic mass is 10.1. The molecule has 2 aromatic carbocycles. The first kappa shape index (κ1) is 14.7. The standard InChI is InChI=1S/C18H20FN3/c1-13-4-6-14(7-5-13)12-22-17-9-8-15(19)11-16(17)21-18(22)3-2-10-20/h4-9,11H,2-3,10,12,20H2,1H3. The Bertz CT molecular complexity index is 775. The smallest absolute Gasteiger partial charge is 0.125 e. The van der Waals surface area contributed by atoms with E-state index < -0.39 is 0 Å². The van der Waals surface area contributed by atoms with Gasteiger partial charge in [-0.2, -0.15) is 0 Å². The largest absolute Gasteiger partial charge is 0.330 e. The molecule has 22 heavy (non-hydrogen) atoms. The highest BCUT2D eigenvalue weighted by molar-refractivity contribution is 5.76. The Labute approximate surface area is 129 Å². The van der Waals surface area contributed by atoms with Crippen molar-refractivity contribution in [1.82, 2.24) is 9.55 Å². The number of halogens is 1. The molecule has 0 unspecified atom stereocenters. The molecule has 2 N–H and O–H groups in total. The van der Waals surface area contributed by atoms with Crippen LogP contribution >= 0.6 is 0 Å². The third-order valence-electron chi connectivity index (χ3n) is 3.86. The van der Waals surface area contributed by atoms with Gasteiger partial charge in [0.25, 0.3) is 0 Å². The van der Waals surface area contributed by atoms with Crippen molar-refractivity contribution in [3.05, 3.63) is 65.2 Å². The van der Waals surface area contributed by atoms with Gasteiger partial charge in [-0.1, -0.05) is 29.8 Å². The van der Waals surface area contributed by atoms with E-state index >= 15 is 0 Å². The Morgan fingerprint density at radius 3 is 2.64 bits per heavy atom. The zero-order valence-corrected chi connectivity index (χ0v) is 12.7. The summed E-state index contributed by atoms with van der Waals surface area (Å²) in [5.41, 5.74) is 9.74. The van der Waals surface area contributed by atoms with E-state index in [9.17, 15) is 4.39 Å². The number of fused-ring (bicyclic) bond motifs is 1. The van der Waals surface area contributed by atoms with Crippen molar-refractivity contribution >= 4 is 11.0 Å². The fraction of sp³-hybridized carbons (Fsp3) is 0.278. The molecule has 3 rings (SSSR count). The summed E-state index contributed by atoms with van der Waals surface area (Å²) in [6.07, 6.45) is 1.68. The lowest BCUT2D eigenvalue weighted by Gasteiger charge is -2.09. The average Bonchev–Trinajstić information content (AvgIpc) is 2.84. The summed E-state index contributed by atoms with van der Waals surface area (Å²) in [5, 5.41) is 0. The lowest BCUT2D eigenvalue weighted by molar-refractivity contribution is 0.629.